The van der Waals surface area contributed by atoms with Gasteiger partial charge in [0.15, 0.2) is 0 Å². The van der Waals surface area contributed by atoms with E-state index in [1.165, 1.54) is 11.1 Å². The summed E-state index contributed by atoms with van der Waals surface area (Å²) in [6.45, 7) is 5.41. The largest absolute Gasteiger partial charge is 0.390 e. The van der Waals surface area contributed by atoms with E-state index in [-0.39, 0.29) is 0 Å². The van der Waals surface area contributed by atoms with E-state index in [4.69, 9.17) is 34.0 Å². The molecule has 1 saturated heterocycles. The molecular formula is C34H38Cl2N6O2S. The summed E-state index contributed by atoms with van der Waals surface area (Å²) >= 11 is 14.7. The fourth-order valence-corrected chi connectivity index (χ4v) is 7.38. The second-order valence-corrected chi connectivity index (χ2v) is 13.7. The molecule has 0 unspecified atom stereocenters. The third-order valence-corrected chi connectivity index (χ3v) is 10.0. The minimum absolute atomic E-state index is 0.384. The van der Waals surface area contributed by atoms with Crippen LogP contribution in [0, 0.1) is 0 Å². The predicted octanol–water partition coefficient (Wildman–Crippen LogP) is 5.66. The molecule has 1 atom stereocenters. The third kappa shape index (κ3) is 7.85. The Bertz CT molecular complexity index is 1620. The normalized spacial score (nSPS) is 16.0. The molecular weight excluding hydrogens is 627 g/mol. The molecule has 11 heteroatoms. The van der Waals surface area contributed by atoms with Crippen molar-refractivity contribution in [3.63, 3.8) is 0 Å². The highest BCUT2D eigenvalue weighted by molar-refractivity contribution is 7.99. The number of nitrogens with zero attached hydrogens (tertiary/aromatic N) is 4. The van der Waals surface area contributed by atoms with Crippen molar-refractivity contribution in [2.75, 3.05) is 37.7 Å². The number of halogens is 2. The molecule has 2 aliphatic rings. The van der Waals surface area contributed by atoms with Gasteiger partial charge in [0.2, 0.25) is 0 Å². The molecule has 8 nitrogen and oxygen atoms in total. The Morgan fingerprint density at radius 1 is 0.933 bits per heavy atom. The lowest BCUT2D eigenvalue weighted by atomic mass is 9.97. The number of aliphatic hydroxyl groups is 1. The molecule has 1 aromatic heterocycles. The Morgan fingerprint density at radius 2 is 1.60 bits per heavy atom. The summed E-state index contributed by atoms with van der Waals surface area (Å²) < 4.78 is 1.94. The van der Waals surface area contributed by atoms with Gasteiger partial charge in [-0.05, 0) is 41.0 Å². The number of aliphatic hydroxyl groups excluding tert-OH is 1. The zero-order valence-corrected chi connectivity index (χ0v) is 27.4. The van der Waals surface area contributed by atoms with Gasteiger partial charge in [0.25, 0.3) is 0 Å². The van der Waals surface area contributed by atoms with Gasteiger partial charge in [0.05, 0.1) is 24.9 Å². The second-order valence-electron chi connectivity index (χ2n) is 11.7. The van der Waals surface area contributed by atoms with Crippen molar-refractivity contribution in [2.24, 2.45) is 5.73 Å². The molecule has 45 heavy (non-hydrogen) atoms. The van der Waals surface area contributed by atoms with Crippen LogP contribution in [-0.2, 0) is 32.6 Å². The highest BCUT2D eigenvalue weighted by Crippen LogP contribution is 2.36. The first-order valence-electron chi connectivity index (χ1n) is 15.3. The molecule has 0 bridgehead atoms. The lowest BCUT2D eigenvalue weighted by Gasteiger charge is -2.29. The van der Waals surface area contributed by atoms with Crippen molar-refractivity contribution in [2.45, 2.75) is 38.7 Å². The predicted molar refractivity (Wildman–Crippen MR) is 184 cm³/mol. The summed E-state index contributed by atoms with van der Waals surface area (Å²) in [7, 11) is 0. The maximum atomic E-state index is 12.1. The number of hydrogen-bond acceptors (Lipinski definition) is 6. The van der Waals surface area contributed by atoms with E-state index in [0.717, 1.165) is 76.3 Å². The van der Waals surface area contributed by atoms with Crippen LogP contribution in [0.4, 0.5) is 4.79 Å². The van der Waals surface area contributed by atoms with Crippen LogP contribution in [-0.4, -0.2) is 74.5 Å². The van der Waals surface area contributed by atoms with Gasteiger partial charge < -0.3 is 21.1 Å². The summed E-state index contributed by atoms with van der Waals surface area (Å²) in [5.41, 5.74) is 13.7. The van der Waals surface area contributed by atoms with Gasteiger partial charge in [-0.3, -0.25) is 9.58 Å². The van der Waals surface area contributed by atoms with Crippen LogP contribution in [0.5, 0.6) is 0 Å². The number of rotatable bonds is 10. The summed E-state index contributed by atoms with van der Waals surface area (Å²) in [5.74, 6) is 2.19. The van der Waals surface area contributed by atoms with Gasteiger partial charge in [-0.1, -0.05) is 65.7 Å². The van der Waals surface area contributed by atoms with E-state index >= 15 is 0 Å². The number of carbonyl (C=O) groups is 1. The number of fused-ring (bicyclic) bond motifs is 1. The van der Waals surface area contributed by atoms with E-state index in [1.54, 1.807) is 4.90 Å². The number of aromatic nitrogens is 2. The highest BCUT2D eigenvalue weighted by atomic mass is 35.5. The van der Waals surface area contributed by atoms with Gasteiger partial charge in [0, 0.05) is 89.6 Å². The molecule has 0 spiro atoms. The molecule has 6 rings (SSSR count). The minimum Gasteiger partial charge on any atom is -0.390 e. The van der Waals surface area contributed by atoms with E-state index in [1.807, 2.05) is 52.8 Å². The van der Waals surface area contributed by atoms with Crippen molar-refractivity contribution in [3.05, 3.63) is 99.2 Å². The van der Waals surface area contributed by atoms with E-state index in [9.17, 15) is 9.90 Å². The fraction of sp³-hybridized carbons (Fsp3) is 0.353. The van der Waals surface area contributed by atoms with Gasteiger partial charge in [-0.15, -0.1) is 0 Å². The van der Waals surface area contributed by atoms with Crippen molar-refractivity contribution < 1.29 is 9.90 Å². The number of carbonyl (C=O) groups excluding carboxylic acids is 1. The van der Waals surface area contributed by atoms with Crippen molar-refractivity contribution in [1.82, 2.24) is 24.9 Å². The number of thioether (sulfide) groups is 1. The van der Waals surface area contributed by atoms with E-state index in [0.29, 0.717) is 37.6 Å². The topological polar surface area (TPSA) is 99.7 Å². The van der Waals surface area contributed by atoms with Gasteiger partial charge in [-0.2, -0.15) is 16.9 Å². The Hall–Kier alpha value is -3.05. The first-order chi connectivity index (χ1) is 21.8. The number of nitrogens with one attached hydrogen (secondary N) is 1. The maximum Gasteiger partial charge on any atom is 0.315 e. The summed E-state index contributed by atoms with van der Waals surface area (Å²) in [4.78, 5) is 16.1. The van der Waals surface area contributed by atoms with Crippen molar-refractivity contribution in [3.8, 4) is 22.4 Å². The van der Waals surface area contributed by atoms with Crippen LogP contribution in [0.2, 0.25) is 10.0 Å². The lowest BCUT2D eigenvalue weighted by molar-refractivity contribution is 0.0983. The molecule has 0 aliphatic carbocycles. The van der Waals surface area contributed by atoms with Crippen molar-refractivity contribution >= 4 is 41.0 Å². The average molecular weight is 666 g/mol. The SMILES string of the molecule is NC(=O)N1CCc2c(c(-c3ccc(Cl)c(-c4ccc(CNCc5ccc(Cl)cc5)cc4)c3)nn2C[C@@H](O)CN2CCSCC2)C1. The minimum atomic E-state index is -0.543. The molecule has 0 saturated carbocycles. The van der Waals surface area contributed by atoms with Crippen LogP contribution in [0.3, 0.4) is 0 Å². The Balaban J connectivity index is 1.21. The van der Waals surface area contributed by atoms with E-state index in [2.05, 4.69) is 40.5 Å². The number of benzene rings is 3. The molecule has 3 aromatic carbocycles. The van der Waals surface area contributed by atoms with Crippen LogP contribution in [0.1, 0.15) is 22.4 Å². The molecule has 2 amide bonds. The highest BCUT2D eigenvalue weighted by Gasteiger charge is 2.28. The monoisotopic (exact) mass is 664 g/mol. The molecule has 3 heterocycles. The zero-order valence-electron chi connectivity index (χ0n) is 25.1. The maximum absolute atomic E-state index is 12.1. The quantitative estimate of drug-likeness (QED) is 0.202. The summed E-state index contributed by atoms with van der Waals surface area (Å²) in [6, 6.07) is 21.7. The lowest BCUT2D eigenvalue weighted by Crippen LogP contribution is -2.41. The zero-order chi connectivity index (χ0) is 31.3. The van der Waals surface area contributed by atoms with Crippen LogP contribution >= 0.6 is 35.0 Å². The number of amides is 2. The molecule has 4 N–H and O–H groups in total. The standard InChI is InChI=1S/C34H38Cl2N6O2S/c35-27-8-3-24(4-9-27)19-38-18-23-1-5-25(6-2-23)29-17-26(7-10-31(29)36)33-30-22-41(34(37)44)12-11-32(30)42(39-33)21-28(43)20-40-13-15-45-16-14-40/h1-10,17,28,38,43H,11-16,18-22H2,(H2,37,44)/t28-/m0/s1. The Morgan fingerprint density at radius 3 is 2.29 bits per heavy atom. The first kappa shape index (κ1) is 31.9. The number of urea groups is 1. The van der Waals surface area contributed by atoms with Crippen LogP contribution in [0.15, 0.2) is 66.7 Å². The van der Waals surface area contributed by atoms with Crippen LogP contribution in [0.25, 0.3) is 22.4 Å². The Labute approximate surface area is 278 Å². The smallest absolute Gasteiger partial charge is 0.315 e. The molecule has 236 valence electrons. The molecule has 0 radical (unpaired) electrons. The Kier molecular flexibility index (Phi) is 10.3. The second kappa shape index (κ2) is 14.6. The van der Waals surface area contributed by atoms with Crippen LogP contribution < -0.4 is 11.1 Å². The number of β-amino-alcohol motifs (C(OH)–C–C–N with tert-alkyl or cyclic N) is 1. The number of hydrogen-bond donors (Lipinski definition) is 3. The van der Waals surface area contributed by atoms with Gasteiger partial charge in [-0.25, -0.2) is 4.79 Å². The molecule has 4 aromatic rings. The third-order valence-electron chi connectivity index (χ3n) is 8.48. The average Bonchev–Trinajstić information content (AvgIpc) is 3.40. The first-order valence-corrected chi connectivity index (χ1v) is 17.2. The summed E-state index contributed by atoms with van der Waals surface area (Å²) in [5, 5.41) is 20.9. The van der Waals surface area contributed by atoms with E-state index < -0.39 is 12.1 Å². The fourth-order valence-electron chi connectivity index (χ4n) is 6.05. The van der Waals surface area contributed by atoms with Crippen molar-refractivity contribution in [1.29, 1.82) is 0 Å². The number of primary amides is 1. The number of nitrogens with two attached hydrogens (primary N) is 1. The summed E-state index contributed by atoms with van der Waals surface area (Å²) in [6.07, 6.45) is 0.0888. The van der Waals surface area contributed by atoms with Gasteiger partial charge in [0.1, 0.15) is 0 Å². The van der Waals surface area contributed by atoms with Gasteiger partial charge >= 0.3 is 6.03 Å². The molecule has 2 aliphatic heterocycles. The molecule has 1 fully saturated rings.